The fourth-order valence-electron chi connectivity index (χ4n) is 4.29. The summed E-state index contributed by atoms with van der Waals surface area (Å²) in [4.78, 5) is 36.9. The van der Waals surface area contributed by atoms with Crippen LogP contribution in [0.5, 0.6) is 0 Å². The Labute approximate surface area is 203 Å². The SMILES string of the molecule is CCn1c(SCC(=O)N(C)Cc2ccc(N(C)C)cc2)nc2sc3c(c2c1=O)CCC(C)C3. The topological polar surface area (TPSA) is 58.4 Å². The molecule has 0 N–H and O–H groups in total. The fourth-order valence-corrected chi connectivity index (χ4v) is 6.72. The van der Waals surface area contributed by atoms with Gasteiger partial charge in [0, 0.05) is 44.8 Å². The Kier molecular flexibility index (Phi) is 7.14. The van der Waals surface area contributed by atoms with Crippen LogP contribution in [0.3, 0.4) is 0 Å². The zero-order valence-corrected chi connectivity index (χ0v) is 21.7. The number of amides is 1. The summed E-state index contributed by atoms with van der Waals surface area (Å²) in [6, 6.07) is 8.22. The van der Waals surface area contributed by atoms with E-state index in [9.17, 15) is 9.59 Å². The van der Waals surface area contributed by atoms with E-state index in [1.54, 1.807) is 20.8 Å². The minimum Gasteiger partial charge on any atom is -0.378 e. The molecule has 1 amide bonds. The highest BCUT2D eigenvalue weighted by Gasteiger charge is 2.24. The monoisotopic (exact) mass is 484 g/mol. The third-order valence-corrected chi connectivity index (χ3v) is 8.43. The number of carbonyl (C=O) groups is 1. The smallest absolute Gasteiger partial charge is 0.263 e. The van der Waals surface area contributed by atoms with Gasteiger partial charge in [-0.25, -0.2) is 4.98 Å². The number of aromatic nitrogens is 2. The van der Waals surface area contributed by atoms with Gasteiger partial charge in [-0.2, -0.15) is 0 Å². The third-order valence-electron chi connectivity index (χ3n) is 6.32. The van der Waals surface area contributed by atoms with E-state index >= 15 is 0 Å². The van der Waals surface area contributed by atoms with Crippen LogP contribution in [-0.4, -0.2) is 47.3 Å². The molecule has 0 radical (unpaired) electrons. The van der Waals surface area contributed by atoms with Gasteiger partial charge in [0.05, 0.1) is 11.1 Å². The molecule has 1 unspecified atom stereocenters. The van der Waals surface area contributed by atoms with Gasteiger partial charge < -0.3 is 9.80 Å². The first-order valence-electron chi connectivity index (χ1n) is 11.5. The zero-order chi connectivity index (χ0) is 23.7. The lowest BCUT2D eigenvalue weighted by Crippen LogP contribution is -2.29. The van der Waals surface area contributed by atoms with Crippen LogP contribution >= 0.6 is 23.1 Å². The van der Waals surface area contributed by atoms with E-state index in [1.807, 2.05) is 28.1 Å². The van der Waals surface area contributed by atoms with Crippen molar-refractivity contribution in [2.24, 2.45) is 5.92 Å². The molecule has 33 heavy (non-hydrogen) atoms. The summed E-state index contributed by atoms with van der Waals surface area (Å²) in [5.41, 5.74) is 3.47. The van der Waals surface area contributed by atoms with E-state index in [-0.39, 0.29) is 17.2 Å². The van der Waals surface area contributed by atoms with Gasteiger partial charge in [0.15, 0.2) is 5.16 Å². The van der Waals surface area contributed by atoms with Crippen molar-refractivity contribution in [1.29, 1.82) is 0 Å². The van der Waals surface area contributed by atoms with Crippen molar-refractivity contribution in [2.75, 3.05) is 31.8 Å². The van der Waals surface area contributed by atoms with Gasteiger partial charge in [0.1, 0.15) is 4.83 Å². The third kappa shape index (κ3) is 4.96. The number of hydrogen-bond donors (Lipinski definition) is 0. The van der Waals surface area contributed by atoms with Crippen molar-refractivity contribution in [3.8, 4) is 0 Å². The standard InChI is InChI=1S/C25H32N4O2S2/c1-6-29-24(31)22-19-12-7-16(2)13-20(19)33-23(22)26-25(29)32-15-21(30)28(5)14-17-8-10-18(11-9-17)27(3)4/h8-11,16H,6-7,12-15H2,1-5H3. The van der Waals surface area contributed by atoms with Crippen molar-refractivity contribution < 1.29 is 4.79 Å². The van der Waals surface area contributed by atoms with E-state index in [0.29, 0.717) is 24.2 Å². The Morgan fingerprint density at radius 3 is 2.64 bits per heavy atom. The number of hydrogen-bond acceptors (Lipinski definition) is 6. The van der Waals surface area contributed by atoms with Crippen LogP contribution in [0, 0.1) is 5.92 Å². The Morgan fingerprint density at radius 2 is 1.97 bits per heavy atom. The van der Waals surface area contributed by atoms with Crippen LogP contribution in [0.15, 0.2) is 34.2 Å². The van der Waals surface area contributed by atoms with Gasteiger partial charge in [-0.15, -0.1) is 11.3 Å². The minimum absolute atomic E-state index is 0.0213. The second-order valence-electron chi connectivity index (χ2n) is 9.08. The Morgan fingerprint density at radius 1 is 1.24 bits per heavy atom. The number of carbonyl (C=O) groups excluding carboxylic acids is 1. The number of anilines is 1. The molecule has 1 aliphatic carbocycles. The fraction of sp³-hybridized carbons (Fsp3) is 0.480. The molecule has 1 aliphatic rings. The first-order valence-corrected chi connectivity index (χ1v) is 13.3. The van der Waals surface area contributed by atoms with E-state index in [1.165, 1.54) is 22.2 Å². The Bertz CT molecular complexity index is 1210. The maximum absolute atomic E-state index is 13.3. The van der Waals surface area contributed by atoms with Crippen LogP contribution in [-0.2, 0) is 30.7 Å². The molecule has 0 fully saturated rings. The van der Waals surface area contributed by atoms with Gasteiger partial charge in [0.25, 0.3) is 5.56 Å². The molecule has 2 heterocycles. The van der Waals surface area contributed by atoms with Crippen LogP contribution in [0.1, 0.15) is 36.3 Å². The summed E-state index contributed by atoms with van der Waals surface area (Å²) < 4.78 is 1.73. The second-order valence-corrected chi connectivity index (χ2v) is 11.1. The molecule has 6 nitrogen and oxygen atoms in total. The first kappa shape index (κ1) is 23.8. The first-order chi connectivity index (χ1) is 15.8. The van der Waals surface area contributed by atoms with E-state index in [2.05, 4.69) is 36.1 Å². The van der Waals surface area contributed by atoms with Crippen LogP contribution in [0.25, 0.3) is 10.2 Å². The molecular formula is C25H32N4O2S2. The molecule has 3 aromatic rings. The molecule has 1 atom stereocenters. The highest BCUT2D eigenvalue weighted by Crippen LogP contribution is 2.36. The van der Waals surface area contributed by atoms with Crippen molar-refractivity contribution in [3.05, 3.63) is 50.6 Å². The number of thiophene rings is 1. The summed E-state index contributed by atoms with van der Waals surface area (Å²) in [6.45, 7) is 5.33. The second kappa shape index (κ2) is 9.89. The molecule has 0 bridgehead atoms. The van der Waals surface area contributed by atoms with Crippen LogP contribution in [0.2, 0.25) is 0 Å². The minimum atomic E-state index is 0.0213. The molecule has 176 valence electrons. The molecule has 4 rings (SSSR count). The van der Waals surface area contributed by atoms with Gasteiger partial charge in [-0.05, 0) is 55.4 Å². The molecular weight excluding hydrogens is 452 g/mol. The normalized spacial score (nSPS) is 15.5. The Balaban J connectivity index is 1.49. The Hall–Kier alpha value is -2.32. The van der Waals surface area contributed by atoms with E-state index in [4.69, 9.17) is 4.98 Å². The number of thioether (sulfide) groups is 1. The molecule has 0 saturated heterocycles. The van der Waals surface area contributed by atoms with Crippen molar-refractivity contribution >= 4 is 44.9 Å². The van der Waals surface area contributed by atoms with Crippen LogP contribution in [0.4, 0.5) is 5.69 Å². The molecule has 8 heteroatoms. The molecule has 0 aliphatic heterocycles. The zero-order valence-electron chi connectivity index (χ0n) is 20.1. The largest absolute Gasteiger partial charge is 0.378 e. The number of fused-ring (bicyclic) bond motifs is 3. The molecule has 0 spiro atoms. The predicted octanol–water partition coefficient (Wildman–Crippen LogP) is 4.42. The van der Waals surface area contributed by atoms with E-state index < -0.39 is 0 Å². The summed E-state index contributed by atoms with van der Waals surface area (Å²) in [5, 5.41) is 1.44. The van der Waals surface area contributed by atoms with Gasteiger partial charge in [-0.3, -0.25) is 14.2 Å². The molecule has 1 aromatic carbocycles. The number of rotatable bonds is 7. The number of nitrogens with zero attached hydrogens (tertiary/aromatic N) is 4. The summed E-state index contributed by atoms with van der Waals surface area (Å²) >= 11 is 3.02. The lowest BCUT2D eigenvalue weighted by Gasteiger charge is -2.19. The van der Waals surface area contributed by atoms with Gasteiger partial charge in [-0.1, -0.05) is 30.8 Å². The predicted molar refractivity (Wildman–Crippen MR) is 139 cm³/mol. The lowest BCUT2D eigenvalue weighted by atomic mass is 9.89. The van der Waals surface area contributed by atoms with Crippen molar-refractivity contribution in [1.82, 2.24) is 14.5 Å². The quantitative estimate of drug-likeness (QED) is 0.367. The summed E-state index contributed by atoms with van der Waals surface area (Å²) in [7, 11) is 5.84. The summed E-state index contributed by atoms with van der Waals surface area (Å²) in [5.74, 6) is 0.930. The van der Waals surface area contributed by atoms with E-state index in [0.717, 1.165) is 40.7 Å². The van der Waals surface area contributed by atoms with Crippen molar-refractivity contribution in [2.45, 2.75) is 51.4 Å². The van der Waals surface area contributed by atoms with Crippen molar-refractivity contribution in [3.63, 3.8) is 0 Å². The summed E-state index contributed by atoms with van der Waals surface area (Å²) in [6.07, 6.45) is 3.12. The van der Waals surface area contributed by atoms with Gasteiger partial charge in [0.2, 0.25) is 5.91 Å². The molecule has 2 aromatic heterocycles. The highest BCUT2D eigenvalue weighted by molar-refractivity contribution is 7.99. The maximum atomic E-state index is 13.3. The molecule has 0 saturated carbocycles. The maximum Gasteiger partial charge on any atom is 0.263 e. The highest BCUT2D eigenvalue weighted by atomic mass is 32.2. The van der Waals surface area contributed by atoms with Crippen LogP contribution < -0.4 is 10.5 Å². The average molecular weight is 485 g/mol. The number of benzene rings is 1. The number of aryl methyl sites for hydroxylation is 1. The van der Waals surface area contributed by atoms with Gasteiger partial charge >= 0.3 is 0 Å². The average Bonchev–Trinajstić information content (AvgIpc) is 3.15. The lowest BCUT2D eigenvalue weighted by molar-refractivity contribution is -0.127.